The Balaban J connectivity index is 1.64. The average molecular weight is 410 g/mol. The Morgan fingerprint density at radius 2 is 1.89 bits per heavy atom. The number of carbonyl (C=O) groups excluding carboxylic acids is 1. The molecule has 0 aliphatic carbocycles. The number of halogens is 1. The summed E-state index contributed by atoms with van der Waals surface area (Å²) < 4.78 is 32.3. The number of Topliss-reactive ketones (excluding diaryl/α,β-unsaturated/α-hetero) is 1. The van der Waals surface area contributed by atoms with Crippen LogP contribution in [0.2, 0.25) is 5.02 Å². The average Bonchev–Trinajstić information content (AvgIpc) is 2.65. The number of sulfonamides is 1. The van der Waals surface area contributed by atoms with E-state index in [1.807, 2.05) is 0 Å². The summed E-state index contributed by atoms with van der Waals surface area (Å²) >= 11 is 5.74. The van der Waals surface area contributed by atoms with Gasteiger partial charge in [-0.3, -0.25) is 4.79 Å². The molecule has 0 fully saturated rings. The van der Waals surface area contributed by atoms with Gasteiger partial charge in [0.1, 0.15) is 5.75 Å². The van der Waals surface area contributed by atoms with Crippen LogP contribution in [0.4, 0.5) is 0 Å². The van der Waals surface area contributed by atoms with Crippen molar-refractivity contribution in [3.8, 4) is 5.75 Å². The van der Waals surface area contributed by atoms with Crippen molar-refractivity contribution in [2.75, 3.05) is 6.54 Å². The first-order valence-corrected chi connectivity index (χ1v) is 9.93. The van der Waals surface area contributed by atoms with Crippen molar-refractivity contribution in [1.29, 1.82) is 0 Å². The zero-order valence-electron chi connectivity index (χ0n) is 14.0. The van der Waals surface area contributed by atoms with E-state index >= 15 is 0 Å². The number of hydrogen-bond donors (Lipinski definition) is 2. The van der Waals surface area contributed by atoms with Gasteiger partial charge in [-0.25, -0.2) is 17.9 Å². The zero-order valence-corrected chi connectivity index (χ0v) is 15.6. The largest absolute Gasteiger partial charge is 0.482 e. The first kappa shape index (κ1) is 19.3. The second kappa shape index (κ2) is 7.67. The maximum absolute atomic E-state index is 12.3. The fourth-order valence-corrected chi connectivity index (χ4v) is 3.84. The van der Waals surface area contributed by atoms with Gasteiger partial charge in [-0.05, 0) is 60.9 Å². The van der Waals surface area contributed by atoms with E-state index in [4.69, 9.17) is 21.4 Å². The lowest BCUT2D eigenvalue weighted by molar-refractivity contribution is -0.125. The Morgan fingerprint density at radius 1 is 1.19 bits per heavy atom. The second-order valence-electron chi connectivity index (χ2n) is 6.02. The Labute approximate surface area is 161 Å². The summed E-state index contributed by atoms with van der Waals surface area (Å²) in [5.41, 5.74) is 0.860. The third kappa shape index (κ3) is 4.47. The van der Waals surface area contributed by atoms with Crippen LogP contribution in [0.25, 0.3) is 0 Å². The van der Waals surface area contributed by atoms with Crippen LogP contribution in [0.15, 0.2) is 47.4 Å². The Morgan fingerprint density at radius 3 is 2.56 bits per heavy atom. The van der Waals surface area contributed by atoms with Crippen LogP contribution in [0.1, 0.15) is 22.3 Å². The maximum atomic E-state index is 12.3. The van der Waals surface area contributed by atoms with Crippen LogP contribution in [0, 0.1) is 0 Å². The smallest absolute Gasteiger partial charge is 0.335 e. The van der Waals surface area contributed by atoms with Crippen LogP contribution in [-0.4, -0.2) is 37.9 Å². The number of benzene rings is 2. The standard InChI is InChI=1S/C18H16ClNO6S/c19-13-3-5-14(6-4-13)27(24,25)20-10-15(21)17-8-1-11-9-12(18(22)23)2-7-16(11)26-17/h2-7,9,17,20H,1,8,10H2,(H,22,23). The molecule has 0 radical (unpaired) electrons. The molecule has 0 saturated heterocycles. The molecule has 1 aliphatic heterocycles. The number of carboxylic acids is 1. The van der Waals surface area contributed by atoms with Crippen LogP contribution in [0.5, 0.6) is 5.75 Å². The summed E-state index contributed by atoms with van der Waals surface area (Å²) in [5.74, 6) is -1.00. The highest BCUT2D eigenvalue weighted by Gasteiger charge is 2.27. The molecule has 0 spiro atoms. The molecule has 2 aromatic rings. The zero-order chi connectivity index (χ0) is 19.6. The lowest BCUT2D eigenvalue weighted by Crippen LogP contribution is -2.39. The van der Waals surface area contributed by atoms with Gasteiger partial charge in [0.05, 0.1) is 17.0 Å². The second-order valence-corrected chi connectivity index (χ2v) is 8.22. The molecule has 1 heterocycles. The fourth-order valence-electron chi connectivity index (χ4n) is 2.73. The molecule has 1 unspecified atom stereocenters. The molecule has 3 rings (SSSR count). The molecule has 0 amide bonds. The number of nitrogens with one attached hydrogen (secondary N) is 1. The minimum absolute atomic E-state index is 0.0100. The molecule has 0 bridgehead atoms. The van der Waals surface area contributed by atoms with E-state index in [9.17, 15) is 18.0 Å². The number of aromatic carboxylic acids is 1. The van der Waals surface area contributed by atoms with Crippen LogP contribution in [0.3, 0.4) is 0 Å². The van der Waals surface area contributed by atoms with E-state index in [1.165, 1.54) is 42.5 Å². The first-order chi connectivity index (χ1) is 12.8. The molecule has 2 N–H and O–H groups in total. The number of ether oxygens (including phenoxy) is 1. The van der Waals surface area contributed by atoms with Gasteiger partial charge in [-0.15, -0.1) is 0 Å². The molecular weight excluding hydrogens is 394 g/mol. The summed E-state index contributed by atoms with van der Waals surface area (Å²) in [4.78, 5) is 23.4. The molecule has 2 aromatic carbocycles. The SMILES string of the molecule is O=C(O)c1ccc2c(c1)CCC(C(=O)CNS(=O)(=O)c1ccc(Cl)cc1)O2. The molecule has 1 aliphatic rings. The summed E-state index contributed by atoms with van der Waals surface area (Å²) in [6.45, 7) is -0.405. The molecule has 142 valence electrons. The summed E-state index contributed by atoms with van der Waals surface area (Å²) in [7, 11) is -3.84. The van der Waals surface area contributed by atoms with Crippen molar-refractivity contribution in [3.63, 3.8) is 0 Å². The monoisotopic (exact) mass is 409 g/mol. The highest BCUT2D eigenvalue weighted by molar-refractivity contribution is 7.89. The van der Waals surface area contributed by atoms with Crippen molar-refractivity contribution in [2.24, 2.45) is 0 Å². The van der Waals surface area contributed by atoms with Crippen molar-refractivity contribution in [2.45, 2.75) is 23.8 Å². The minimum atomic E-state index is -3.84. The van der Waals surface area contributed by atoms with Gasteiger partial charge >= 0.3 is 5.97 Å². The highest BCUT2D eigenvalue weighted by atomic mass is 35.5. The maximum Gasteiger partial charge on any atom is 0.335 e. The number of ketones is 1. The Bertz CT molecular complexity index is 987. The molecule has 0 saturated carbocycles. The van der Waals surface area contributed by atoms with Gasteiger partial charge in [-0.1, -0.05) is 11.6 Å². The number of aryl methyl sites for hydroxylation is 1. The lowest BCUT2D eigenvalue weighted by Gasteiger charge is -2.25. The van der Waals surface area contributed by atoms with Gasteiger partial charge in [0.25, 0.3) is 0 Å². The van der Waals surface area contributed by atoms with Crippen LogP contribution in [-0.2, 0) is 21.2 Å². The molecular formula is C18H16ClNO6S. The van der Waals surface area contributed by atoms with Crippen molar-refractivity contribution < 1.29 is 27.9 Å². The number of rotatable bonds is 6. The van der Waals surface area contributed by atoms with E-state index in [2.05, 4.69) is 4.72 Å². The molecule has 1 atom stereocenters. The summed E-state index contributed by atoms with van der Waals surface area (Å²) in [6, 6.07) is 10.0. The van der Waals surface area contributed by atoms with Gasteiger partial charge < -0.3 is 9.84 Å². The van der Waals surface area contributed by atoms with Gasteiger partial charge in [0, 0.05) is 5.02 Å². The predicted molar refractivity (Wildman–Crippen MR) is 97.8 cm³/mol. The van der Waals surface area contributed by atoms with E-state index in [-0.39, 0.29) is 10.5 Å². The topological polar surface area (TPSA) is 110 Å². The molecule has 7 nitrogen and oxygen atoms in total. The Kier molecular flexibility index (Phi) is 5.50. The number of fused-ring (bicyclic) bond motifs is 1. The number of carboxylic acid groups (broad SMARTS) is 1. The van der Waals surface area contributed by atoms with Gasteiger partial charge in [0.2, 0.25) is 10.0 Å². The first-order valence-electron chi connectivity index (χ1n) is 8.07. The van der Waals surface area contributed by atoms with Crippen molar-refractivity contribution in [1.82, 2.24) is 4.72 Å². The molecule has 9 heteroatoms. The van der Waals surface area contributed by atoms with E-state index in [0.29, 0.717) is 29.2 Å². The number of carbonyl (C=O) groups is 2. The predicted octanol–water partition coefficient (Wildman–Crippen LogP) is 2.28. The highest BCUT2D eigenvalue weighted by Crippen LogP contribution is 2.29. The summed E-state index contributed by atoms with van der Waals surface area (Å²) in [5, 5.41) is 9.42. The third-order valence-electron chi connectivity index (χ3n) is 4.17. The fraction of sp³-hybridized carbons (Fsp3) is 0.222. The van der Waals surface area contributed by atoms with Crippen LogP contribution >= 0.6 is 11.6 Å². The van der Waals surface area contributed by atoms with Gasteiger partial charge in [-0.2, -0.15) is 0 Å². The van der Waals surface area contributed by atoms with Crippen LogP contribution < -0.4 is 9.46 Å². The molecule has 0 aromatic heterocycles. The molecule has 27 heavy (non-hydrogen) atoms. The van der Waals surface area contributed by atoms with E-state index in [1.54, 1.807) is 0 Å². The van der Waals surface area contributed by atoms with Gasteiger partial charge in [0.15, 0.2) is 11.9 Å². The van der Waals surface area contributed by atoms with E-state index < -0.39 is 34.4 Å². The normalized spacial score (nSPS) is 16.3. The minimum Gasteiger partial charge on any atom is -0.482 e. The van der Waals surface area contributed by atoms with Crippen molar-refractivity contribution in [3.05, 3.63) is 58.6 Å². The third-order valence-corrected chi connectivity index (χ3v) is 5.84. The Hall–Kier alpha value is -2.42. The lowest BCUT2D eigenvalue weighted by atomic mass is 9.98. The van der Waals surface area contributed by atoms with E-state index in [0.717, 1.165) is 0 Å². The quantitative estimate of drug-likeness (QED) is 0.757. The van der Waals surface area contributed by atoms with Crippen molar-refractivity contribution >= 4 is 33.4 Å². The number of hydrogen-bond acceptors (Lipinski definition) is 5. The summed E-state index contributed by atoms with van der Waals surface area (Å²) in [6.07, 6.45) is 0.0232.